The van der Waals surface area contributed by atoms with Gasteiger partial charge in [0.1, 0.15) is 0 Å². The van der Waals surface area contributed by atoms with Gasteiger partial charge in [-0.2, -0.15) is 0 Å². The van der Waals surface area contributed by atoms with E-state index in [2.05, 4.69) is 68.1 Å². The lowest BCUT2D eigenvalue weighted by molar-refractivity contribution is 0.243. The van der Waals surface area contributed by atoms with Crippen LogP contribution < -0.4 is 0 Å². The molecule has 0 spiro atoms. The Morgan fingerprint density at radius 1 is 1.05 bits per heavy atom. The second-order valence-electron chi connectivity index (χ2n) is 7.00. The molecule has 2 heteroatoms. The van der Waals surface area contributed by atoms with Gasteiger partial charge < -0.3 is 0 Å². The number of hydrogen-bond donors (Lipinski definition) is 0. The van der Waals surface area contributed by atoms with E-state index in [4.69, 9.17) is 4.98 Å². The van der Waals surface area contributed by atoms with Crippen LogP contribution in [0.15, 0.2) is 42.5 Å². The van der Waals surface area contributed by atoms with Gasteiger partial charge in [-0.15, -0.1) is 0 Å². The average Bonchev–Trinajstić information content (AvgIpc) is 2.47. The molecule has 0 atom stereocenters. The summed E-state index contributed by atoms with van der Waals surface area (Å²) in [6.45, 7) is 9.83. The SMILES string of the molecule is CC(C)(C)c1ccc2c(n1)CCN(Cc1ccccc1)C2. The molecule has 2 aromatic rings. The van der Waals surface area contributed by atoms with Gasteiger partial charge >= 0.3 is 0 Å². The molecule has 0 bridgehead atoms. The summed E-state index contributed by atoms with van der Waals surface area (Å²) in [5.41, 5.74) is 5.42. The fourth-order valence-electron chi connectivity index (χ4n) is 2.87. The predicted octanol–water partition coefficient (Wildman–Crippen LogP) is 3.94. The third-order valence-electron chi connectivity index (χ3n) is 4.14. The highest BCUT2D eigenvalue weighted by atomic mass is 15.1. The summed E-state index contributed by atoms with van der Waals surface area (Å²) in [4.78, 5) is 7.41. The topological polar surface area (TPSA) is 16.1 Å². The van der Waals surface area contributed by atoms with Crippen LogP contribution in [0, 0.1) is 0 Å². The van der Waals surface area contributed by atoms with Crippen LogP contribution >= 0.6 is 0 Å². The van der Waals surface area contributed by atoms with Gasteiger partial charge in [0, 0.05) is 42.9 Å². The summed E-state index contributed by atoms with van der Waals surface area (Å²) in [5, 5.41) is 0. The van der Waals surface area contributed by atoms with Crippen molar-refractivity contribution in [3.05, 3.63) is 65.0 Å². The van der Waals surface area contributed by atoms with Crippen molar-refractivity contribution >= 4 is 0 Å². The monoisotopic (exact) mass is 280 g/mol. The molecule has 0 saturated heterocycles. The molecule has 0 aliphatic carbocycles. The Labute approximate surface area is 127 Å². The lowest BCUT2D eigenvalue weighted by Crippen LogP contribution is -2.31. The smallest absolute Gasteiger partial charge is 0.0464 e. The quantitative estimate of drug-likeness (QED) is 0.828. The van der Waals surface area contributed by atoms with Crippen molar-refractivity contribution < 1.29 is 0 Å². The Bertz CT molecular complexity index is 611. The Kier molecular flexibility index (Phi) is 3.81. The molecule has 3 rings (SSSR count). The van der Waals surface area contributed by atoms with Crippen LogP contribution in [0.3, 0.4) is 0 Å². The molecule has 0 fully saturated rings. The summed E-state index contributed by atoms with van der Waals surface area (Å²) < 4.78 is 0. The van der Waals surface area contributed by atoms with E-state index >= 15 is 0 Å². The summed E-state index contributed by atoms with van der Waals surface area (Å²) in [6.07, 6.45) is 1.06. The molecule has 1 aromatic heterocycles. The molecule has 0 N–H and O–H groups in total. The molecule has 110 valence electrons. The first kappa shape index (κ1) is 14.3. The second-order valence-corrected chi connectivity index (χ2v) is 7.00. The molecule has 0 saturated carbocycles. The Balaban J connectivity index is 1.74. The summed E-state index contributed by atoms with van der Waals surface area (Å²) in [6, 6.07) is 15.2. The van der Waals surface area contributed by atoms with Crippen LogP contribution in [-0.4, -0.2) is 16.4 Å². The van der Waals surface area contributed by atoms with Crippen molar-refractivity contribution in [2.24, 2.45) is 0 Å². The van der Waals surface area contributed by atoms with E-state index in [-0.39, 0.29) is 5.41 Å². The van der Waals surface area contributed by atoms with Crippen LogP contribution in [0.4, 0.5) is 0 Å². The highest BCUT2D eigenvalue weighted by Crippen LogP contribution is 2.25. The number of pyridine rings is 1. The minimum Gasteiger partial charge on any atom is -0.294 e. The zero-order valence-electron chi connectivity index (χ0n) is 13.3. The van der Waals surface area contributed by atoms with Crippen LogP contribution in [0.1, 0.15) is 43.3 Å². The van der Waals surface area contributed by atoms with E-state index in [1.807, 2.05) is 0 Å². The van der Waals surface area contributed by atoms with E-state index in [1.165, 1.54) is 22.5 Å². The summed E-state index contributed by atoms with van der Waals surface area (Å²) >= 11 is 0. The number of fused-ring (bicyclic) bond motifs is 1. The van der Waals surface area contributed by atoms with Crippen LogP contribution in [0.25, 0.3) is 0 Å². The van der Waals surface area contributed by atoms with Crippen molar-refractivity contribution in [1.82, 2.24) is 9.88 Å². The number of aromatic nitrogens is 1. The van der Waals surface area contributed by atoms with E-state index in [0.29, 0.717) is 0 Å². The Hall–Kier alpha value is -1.67. The first-order chi connectivity index (χ1) is 10.0. The molecule has 2 heterocycles. The van der Waals surface area contributed by atoms with E-state index < -0.39 is 0 Å². The lowest BCUT2D eigenvalue weighted by atomic mass is 9.90. The normalized spacial score (nSPS) is 15.8. The van der Waals surface area contributed by atoms with Crippen LogP contribution in [-0.2, 0) is 24.9 Å². The van der Waals surface area contributed by atoms with Gasteiger partial charge in [-0.05, 0) is 17.2 Å². The third-order valence-corrected chi connectivity index (χ3v) is 4.14. The average molecular weight is 280 g/mol. The summed E-state index contributed by atoms with van der Waals surface area (Å²) in [7, 11) is 0. The molecule has 0 unspecified atom stereocenters. The van der Waals surface area contributed by atoms with E-state index in [9.17, 15) is 0 Å². The molecule has 1 aromatic carbocycles. The van der Waals surface area contributed by atoms with Crippen molar-refractivity contribution in [2.45, 2.75) is 45.7 Å². The molecule has 1 aliphatic rings. The van der Waals surface area contributed by atoms with Crippen molar-refractivity contribution in [1.29, 1.82) is 0 Å². The summed E-state index contributed by atoms with van der Waals surface area (Å²) in [5.74, 6) is 0. The lowest BCUT2D eigenvalue weighted by Gasteiger charge is -2.29. The third kappa shape index (κ3) is 3.33. The largest absolute Gasteiger partial charge is 0.294 e. The number of benzene rings is 1. The van der Waals surface area contributed by atoms with Gasteiger partial charge in [0.15, 0.2) is 0 Å². The van der Waals surface area contributed by atoms with Crippen molar-refractivity contribution in [3.8, 4) is 0 Å². The van der Waals surface area contributed by atoms with Crippen LogP contribution in [0.2, 0.25) is 0 Å². The molecule has 0 amide bonds. The highest BCUT2D eigenvalue weighted by Gasteiger charge is 2.21. The van der Waals surface area contributed by atoms with Crippen molar-refractivity contribution in [2.75, 3.05) is 6.54 Å². The highest BCUT2D eigenvalue weighted by molar-refractivity contribution is 5.28. The van der Waals surface area contributed by atoms with Gasteiger partial charge in [-0.1, -0.05) is 57.2 Å². The van der Waals surface area contributed by atoms with Gasteiger partial charge in [0.2, 0.25) is 0 Å². The molecule has 21 heavy (non-hydrogen) atoms. The Morgan fingerprint density at radius 3 is 2.52 bits per heavy atom. The van der Waals surface area contributed by atoms with E-state index in [0.717, 1.165) is 26.1 Å². The van der Waals surface area contributed by atoms with Crippen LogP contribution in [0.5, 0.6) is 0 Å². The number of nitrogens with zero attached hydrogens (tertiary/aromatic N) is 2. The standard InChI is InChI=1S/C19H24N2/c1-19(2,3)18-10-9-16-14-21(12-11-17(16)20-18)13-15-7-5-4-6-8-15/h4-10H,11-14H2,1-3H3. The molecule has 0 radical (unpaired) electrons. The van der Waals surface area contributed by atoms with Gasteiger partial charge in [0.25, 0.3) is 0 Å². The maximum absolute atomic E-state index is 4.90. The Morgan fingerprint density at radius 2 is 1.81 bits per heavy atom. The number of hydrogen-bond acceptors (Lipinski definition) is 2. The second kappa shape index (κ2) is 5.61. The predicted molar refractivity (Wildman–Crippen MR) is 87.2 cm³/mol. The zero-order chi connectivity index (χ0) is 14.9. The van der Waals surface area contributed by atoms with Gasteiger partial charge in [0.05, 0.1) is 0 Å². The molecular weight excluding hydrogens is 256 g/mol. The minimum atomic E-state index is 0.135. The number of rotatable bonds is 2. The van der Waals surface area contributed by atoms with Crippen molar-refractivity contribution in [3.63, 3.8) is 0 Å². The molecular formula is C19H24N2. The molecule has 2 nitrogen and oxygen atoms in total. The minimum absolute atomic E-state index is 0.135. The first-order valence-electron chi connectivity index (χ1n) is 7.78. The first-order valence-corrected chi connectivity index (χ1v) is 7.78. The fourth-order valence-corrected chi connectivity index (χ4v) is 2.87. The zero-order valence-corrected chi connectivity index (χ0v) is 13.3. The molecule has 1 aliphatic heterocycles. The fraction of sp³-hybridized carbons (Fsp3) is 0.421. The van der Waals surface area contributed by atoms with Gasteiger partial charge in [-0.3, -0.25) is 9.88 Å². The maximum Gasteiger partial charge on any atom is 0.0464 e. The van der Waals surface area contributed by atoms with E-state index in [1.54, 1.807) is 0 Å². The van der Waals surface area contributed by atoms with Gasteiger partial charge in [-0.25, -0.2) is 0 Å². The maximum atomic E-state index is 4.90.